The van der Waals surface area contributed by atoms with Crippen molar-refractivity contribution in [3.8, 4) is 17.2 Å². The lowest BCUT2D eigenvalue weighted by atomic mass is 10.0. The lowest BCUT2D eigenvalue weighted by molar-refractivity contribution is 0.0982. The molecule has 6 aromatic heterocycles. The highest BCUT2D eigenvalue weighted by atomic mass is 79.9. The van der Waals surface area contributed by atoms with Crippen LogP contribution in [-0.2, 0) is 13.7 Å². The first-order valence-electron chi connectivity index (χ1n) is 48.3. The molecule has 6 saturated heterocycles. The summed E-state index contributed by atoms with van der Waals surface area (Å²) in [5, 5.41) is 22.7. The Morgan fingerprint density at radius 2 is 0.732 bits per heavy atom. The van der Waals surface area contributed by atoms with Gasteiger partial charge >= 0.3 is 0 Å². The number of piperazine rings is 3. The van der Waals surface area contributed by atoms with Crippen molar-refractivity contribution in [1.29, 1.82) is 0 Å². The number of benzene rings is 6. The molecule has 1 saturated carbocycles. The summed E-state index contributed by atoms with van der Waals surface area (Å²) in [5.41, 5.74) is 19.0. The monoisotopic (exact) mass is 2010 g/mol. The topological polar surface area (TPSA) is 322 Å². The Bertz CT molecular complexity index is 6260. The molecule has 0 unspecified atom stereocenters. The maximum Gasteiger partial charge on any atom is 0.229 e. The Balaban J connectivity index is 0.000000143. The summed E-state index contributed by atoms with van der Waals surface area (Å²) < 4.78 is 59.7. The predicted octanol–water partition coefficient (Wildman–Crippen LogP) is 17.5. The fourth-order valence-electron chi connectivity index (χ4n) is 20.2. The van der Waals surface area contributed by atoms with Crippen LogP contribution in [0.5, 0.6) is 17.2 Å². The second-order valence-corrected chi connectivity index (χ2v) is 50.4. The normalized spacial score (nSPS) is 17.6. The summed E-state index contributed by atoms with van der Waals surface area (Å²) in [5.74, 6) is 6.02. The minimum Gasteiger partial charge on any atom is -0.494 e. The van der Waals surface area contributed by atoms with Crippen molar-refractivity contribution in [3.63, 3.8) is 0 Å². The van der Waals surface area contributed by atoms with E-state index in [0.717, 1.165) is 169 Å². The number of halogens is 1. The number of ether oxygens (including phenoxy) is 3. The van der Waals surface area contributed by atoms with Gasteiger partial charge in [-0.1, -0.05) is 13.8 Å². The molecule has 12 heterocycles. The van der Waals surface area contributed by atoms with Crippen molar-refractivity contribution in [2.75, 3.05) is 247 Å². The maximum atomic E-state index is 13.6. The van der Waals surface area contributed by atoms with Crippen molar-refractivity contribution < 1.29 is 27.9 Å². The first-order chi connectivity index (χ1) is 66.3. The average molecular weight is 2010 g/mol. The van der Waals surface area contributed by atoms with E-state index in [4.69, 9.17) is 34.1 Å². The van der Waals surface area contributed by atoms with Crippen molar-refractivity contribution in [3.05, 3.63) is 154 Å². The number of rotatable bonds is 26. The summed E-state index contributed by atoms with van der Waals surface area (Å²) >= 11 is 5.12. The van der Waals surface area contributed by atoms with E-state index in [1.165, 1.54) is 123 Å². The predicted molar refractivity (Wildman–Crippen MR) is 572 cm³/mol. The van der Waals surface area contributed by atoms with Gasteiger partial charge in [0.05, 0.1) is 103 Å². The van der Waals surface area contributed by atoms with E-state index in [-0.39, 0.29) is 5.92 Å². The number of nitrogens with zero attached hydrogens (tertiary/aromatic N) is 20. The molecule has 0 atom stereocenters. The Kier molecular flexibility index (Phi) is 30.9. The molecule has 6 aromatic carbocycles. The number of hydrogen-bond donors (Lipinski definition) is 6. The van der Waals surface area contributed by atoms with Crippen LogP contribution < -0.4 is 76.7 Å². The summed E-state index contributed by atoms with van der Waals surface area (Å²) in [7, 11) is 3.64. The van der Waals surface area contributed by atoms with Crippen LogP contribution in [0, 0.1) is 20.8 Å². The number of methoxy groups -OCH3 is 3. The molecule has 0 radical (unpaired) electrons. The van der Waals surface area contributed by atoms with Gasteiger partial charge in [0.15, 0.2) is 0 Å². The molecule has 732 valence electrons. The smallest absolute Gasteiger partial charge is 0.229 e. The maximum absolute atomic E-state index is 13.6. The van der Waals surface area contributed by atoms with E-state index in [2.05, 4.69) is 219 Å². The third kappa shape index (κ3) is 23.1. The number of piperidine rings is 3. The molecule has 32 nitrogen and oxygen atoms in total. The second kappa shape index (κ2) is 43.0. The number of aryl methyl sites for hydroxylation is 3. The molecule has 6 N–H and O–H groups in total. The number of hydrogen-bond acceptors (Lipinski definition) is 33. The summed E-state index contributed by atoms with van der Waals surface area (Å²) in [4.78, 5) is 73.8. The van der Waals surface area contributed by atoms with Gasteiger partial charge in [0.25, 0.3) is 0 Å². The molecule has 7 aliphatic rings. The van der Waals surface area contributed by atoms with Gasteiger partial charge in [0.1, 0.15) is 67.2 Å². The standard InChI is InChI=1S/C35H46N9O2P.C35H48N9O2P.C31H40BrN8O2PS/c1-23-20-29(31(46-3)21-30(23)44-14-10-25(11-15-44)43-18-16-42(2)17-19-43)40-35-38-22-26(24-6-7-24)34(41-35)39-28-9-8-27-32(37-13-12-36-27)33(28)47(4,5)45;1-23(2)26-22-38-35(41-34(26)39-28-9-8-27-32(37-13-12-36-27)33(28)47(6,7)45)40-29-20-24(3)30(21-31(29)46-5)44-14-10-25(11-15-44)43-18-16-42(4)17-19-43;1-20-16-24(26(42-3)17-25(20)40-10-8-21(9-11-40)39-14-12-38(2)13-15-39)36-31-33-18-22(32)30(37-31)35-23-6-7-27-28(34-19-44-27)29(23)43(4,5)41/h8-9,12-13,20-22,24-25H,6-7,10-11,14-19H2,1-5H3,(H2,38,39,40,41);8-9,12-13,20-23,25H,10-11,14-19H2,1-7H3,(H2,38,39,40,41);6-7,16-19,21H,8-15H2,1-5H3,(H2,33,35,36,37). The highest BCUT2D eigenvalue weighted by Crippen LogP contribution is 2.49. The lowest BCUT2D eigenvalue weighted by Crippen LogP contribution is -2.52. The number of thiazole rings is 1. The van der Waals surface area contributed by atoms with Crippen molar-refractivity contribution in [2.45, 2.75) is 116 Å². The zero-order valence-corrected chi connectivity index (χ0v) is 87.9. The lowest BCUT2D eigenvalue weighted by Gasteiger charge is -2.43. The fourth-order valence-corrected chi connectivity index (χ4v) is 25.4. The number of fused-ring (bicyclic) bond motifs is 3. The first kappa shape index (κ1) is 99.2. The molecular formula is C101H134BrN26O6P3S. The number of likely N-dealkylation sites (N-methyl/N-ethyl adjacent to an activating group) is 3. The second-order valence-electron chi connectivity index (χ2n) is 39.2. The van der Waals surface area contributed by atoms with Gasteiger partial charge in [0.2, 0.25) is 17.8 Å². The molecule has 37 heteroatoms. The Morgan fingerprint density at radius 1 is 0.384 bits per heavy atom. The third-order valence-corrected chi connectivity index (χ3v) is 33.9. The van der Waals surface area contributed by atoms with Crippen LogP contribution in [0.15, 0.2) is 126 Å². The van der Waals surface area contributed by atoms with Gasteiger partial charge in [-0.2, -0.15) is 15.0 Å². The Labute approximate surface area is 824 Å². The third-order valence-electron chi connectivity index (χ3n) is 28.0. The van der Waals surface area contributed by atoms with Crippen molar-refractivity contribution in [1.82, 2.24) is 84.2 Å². The van der Waals surface area contributed by atoms with Crippen molar-refractivity contribution in [2.24, 2.45) is 0 Å². The van der Waals surface area contributed by atoms with Gasteiger partial charge < -0.3 is 89.2 Å². The summed E-state index contributed by atoms with van der Waals surface area (Å²) in [6, 6.07) is 26.3. The van der Waals surface area contributed by atoms with Crippen LogP contribution in [0.1, 0.15) is 105 Å². The van der Waals surface area contributed by atoms with E-state index < -0.39 is 21.4 Å². The Morgan fingerprint density at radius 3 is 1.12 bits per heavy atom. The van der Waals surface area contributed by atoms with Crippen LogP contribution in [0.25, 0.3) is 32.3 Å². The van der Waals surface area contributed by atoms with Crippen LogP contribution in [-0.4, -0.2) is 303 Å². The van der Waals surface area contributed by atoms with Crippen LogP contribution in [0.4, 0.5) is 86.5 Å². The van der Waals surface area contributed by atoms with E-state index >= 15 is 0 Å². The molecule has 19 rings (SSSR count). The summed E-state index contributed by atoms with van der Waals surface area (Å²) in [6.45, 7) is 41.5. The number of anilines is 15. The first-order valence-corrected chi connectivity index (χ1v) is 57.7. The number of aromatic nitrogens is 11. The minimum atomic E-state index is -2.74. The molecule has 7 fully saturated rings. The van der Waals surface area contributed by atoms with Crippen molar-refractivity contribution >= 4 is 183 Å². The largest absolute Gasteiger partial charge is 0.494 e. The van der Waals surface area contributed by atoms with Gasteiger partial charge in [0, 0.05) is 226 Å². The molecule has 1 aliphatic carbocycles. The van der Waals surface area contributed by atoms with E-state index in [9.17, 15) is 13.7 Å². The highest BCUT2D eigenvalue weighted by molar-refractivity contribution is 9.10. The van der Waals surface area contributed by atoms with Crippen LogP contribution in [0.2, 0.25) is 0 Å². The molecule has 0 amide bonds. The van der Waals surface area contributed by atoms with E-state index in [1.807, 2.05) is 48.8 Å². The van der Waals surface area contributed by atoms with E-state index in [1.54, 1.807) is 97.8 Å². The molecule has 0 spiro atoms. The SMILES string of the molecule is COc1cc(N2CCC(N3CCN(C)CC3)CC2)c(C)cc1Nc1ncc(Br)c(Nc2ccc3scnc3c2P(C)(C)=O)n1.COc1cc(N2CCC(N3CCN(C)CC3)CC2)c(C)cc1Nc1ncc(C(C)C)c(Nc2ccc3nccnc3c2P(C)(C)=O)n1.COc1cc(N2CCC(N3CCN(C)CC3)CC2)c(C)cc1Nc1ncc(C2CC2)c(Nc2ccc3nccnc3c2P(C)(C)=O)n1. The van der Waals surface area contributed by atoms with Gasteiger partial charge in [-0.05, 0) is 232 Å². The summed E-state index contributed by atoms with van der Waals surface area (Å²) in [6.07, 6.45) is 21.3. The zero-order valence-electron chi connectivity index (χ0n) is 82.8. The Hall–Kier alpha value is -10.3. The van der Waals surface area contributed by atoms with Crippen LogP contribution in [0.3, 0.4) is 0 Å². The fraction of sp³-hybridized carbons (Fsp3) is 0.475. The van der Waals surface area contributed by atoms with Gasteiger partial charge in [-0.3, -0.25) is 34.6 Å². The van der Waals surface area contributed by atoms with Gasteiger partial charge in [-0.25, -0.2) is 19.9 Å². The average Bonchev–Trinajstić information content (AvgIpc) is 0.879. The molecular weight excluding hydrogens is 1880 g/mol. The minimum absolute atomic E-state index is 0.154. The van der Waals surface area contributed by atoms with E-state index in [0.29, 0.717) is 96.7 Å². The molecule has 138 heavy (non-hydrogen) atoms. The highest BCUT2D eigenvalue weighted by Gasteiger charge is 2.36. The zero-order chi connectivity index (χ0) is 97.0. The quantitative estimate of drug-likeness (QED) is 0.0274. The van der Waals surface area contributed by atoms with Gasteiger partial charge in [-0.15, -0.1) is 11.3 Å². The molecule has 0 bridgehead atoms. The molecule has 12 aromatic rings. The molecule has 6 aliphatic heterocycles. The number of nitrogens with one attached hydrogen (secondary N) is 6. The van der Waals surface area contributed by atoms with Crippen LogP contribution >= 0.6 is 48.7 Å².